The molecular formula is C74H48N2. The van der Waals surface area contributed by atoms with Crippen molar-refractivity contribution >= 4 is 22.7 Å². The number of benzene rings is 12. The van der Waals surface area contributed by atoms with Crippen LogP contribution in [0.3, 0.4) is 0 Å². The lowest BCUT2D eigenvalue weighted by Gasteiger charge is -2.31. The van der Waals surface area contributed by atoms with Crippen LogP contribution in [-0.2, 0) is 10.8 Å². The Morgan fingerprint density at radius 2 is 0.500 bits per heavy atom. The van der Waals surface area contributed by atoms with E-state index in [0.29, 0.717) is 0 Å². The van der Waals surface area contributed by atoms with Gasteiger partial charge in [0.05, 0.1) is 10.8 Å². The number of fused-ring (bicyclic) bond motifs is 20. The summed E-state index contributed by atoms with van der Waals surface area (Å²) in [6, 6.07) is 104. The van der Waals surface area contributed by atoms with Gasteiger partial charge < -0.3 is 10.6 Å². The Bertz CT molecular complexity index is 4210. The van der Waals surface area contributed by atoms with E-state index in [1.807, 2.05) is 0 Å². The predicted molar refractivity (Wildman–Crippen MR) is 315 cm³/mol. The first-order valence-electron chi connectivity index (χ1n) is 26.5. The highest BCUT2D eigenvalue weighted by atomic mass is 14.9. The lowest BCUT2D eigenvalue weighted by Crippen LogP contribution is -2.26. The van der Waals surface area contributed by atoms with Crippen molar-refractivity contribution in [3.8, 4) is 77.9 Å². The van der Waals surface area contributed by atoms with Gasteiger partial charge in [0.2, 0.25) is 0 Å². The van der Waals surface area contributed by atoms with E-state index >= 15 is 0 Å². The Morgan fingerprint density at radius 1 is 0.197 bits per heavy atom. The quantitative estimate of drug-likeness (QED) is 0.166. The van der Waals surface area contributed by atoms with E-state index in [2.05, 4.69) is 290 Å². The monoisotopic (exact) mass is 964 g/mol. The zero-order chi connectivity index (χ0) is 50.0. The van der Waals surface area contributed by atoms with Crippen molar-refractivity contribution in [1.29, 1.82) is 0 Å². The standard InChI is InChI=1S/C74H48N2/c1-3-19-50(20-4-1)75-52-39-35-47(36-40-52)53-43-44-70(76-51-21-5-2-6-22-51)72(49-38-42-61-59-28-12-18-34-67(59)74(69(61)46-49)64-31-15-9-25-56(64)57-26-10-16-32-65(57)74)71(53)48-37-41-60-58-27-11-17-33-66(58)73(68(60)45-48)62-29-13-7-23-54(62)55-24-8-14-30-63(55)73/h1-46,75-76H. The number of nitrogens with one attached hydrogen (secondary N) is 2. The highest BCUT2D eigenvalue weighted by molar-refractivity contribution is 6.05. The minimum Gasteiger partial charge on any atom is -0.356 e. The molecule has 12 aromatic carbocycles. The van der Waals surface area contributed by atoms with Gasteiger partial charge in [0.25, 0.3) is 0 Å². The molecule has 2 spiro atoms. The molecule has 0 aliphatic heterocycles. The third-order valence-electron chi connectivity index (χ3n) is 17.1. The Kier molecular flexibility index (Phi) is 9.20. The lowest BCUT2D eigenvalue weighted by molar-refractivity contribution is 0.794. The third kappa shape index (κ3) is 5.87. The second-order valence-corrected chi connectivity index (χ2v) is 20.8. The van der Waals surface area contributed by atoms with Gasteiger partial charge in [-0.3, -0.25) is 0 Å². The van der Waals surface area contributed by atoms with Crippen LogP contribution in [0.4, 0.5) is 22.7 Å². The molecule has 12 aromatic rings. The zero-order valence-corrected chi connectivity index (χ0v) is 41.6. The van der Waals surface area contributed by atoms with E-state index in [4.69, 9.17) is 0 Å². The van der Waals surface area contributed by atoms with Crippen LogP contribution in [0.1, 0.15) is 44.5 Å². The lowest BCUT2D eigenvalue weighted by atomic mass is 9.69. The largest absolute Gasteiger partial charge is 0.356 e. The van der Waals surface area contributed by atoms with Crippen molar-refractivity contribution in [3.05, 3.63) is 324 Å². The number of para-hydroxylation sites is 2. The van der Waals surface area contributed by atoms with Crippen molar-refractivity contribution < 1.29 is 0 Å². The normalized spacial score (nSPS) is 13.7. The second-order valence-electron chi connectivity index (χ2n) is 20.8. The molecule has 0 atom stereocenters. The Labute approximate surface area is 443 Å². The van der Waals surface area contributed by atoms with Crippen LogP contribution < -0.4 is 10.6 Å². The topological polar surface area (TPSA) is 24.1 Å². The molecule has 0 unspecified atom stereocenters. The van der Waals surface area contributed by atoms with Gasteiger partial charge in [-0.15, -0.1) is 0 Å². The molecule has 4 aliphatic rings. The van der Waals surface area contributed by atoms with Gasteiger partial charge in [-0.2, -0.15) is 0 Å². The number of hydrogen-bond donors (Lipinski definition) is 2. The van der Waals surface area contributed by atoms with E-state index in [1.54, 1.807) is 0 Å². The second kappa shape index (κ2) is 16.4. The maximum Gasteiger partial charge on any atom is 0.0725 e. The highest BCUT2D eigenvalue weighted by Crippen LogP contribution is 2.65. The molecule has 4 aliphatic carbocycles. The summed E-state index contributed by atoms with van der Waals surface area (Å²) in [4.78, 5) is 0. The maximum absolute atomic E-state index is 4.00. The first-order chi connectivity index (χ1) is 37.7. The smallest absolute Gasteiger partial charge is 0.0725 e. The molecule has 0 amide bonds. The molecule has 2 heteroatoms. The minimum atomic E-state index is -0.505. The van der Waals surface area contributed by atoms with Gasteiger partial charge in [0.15, 0.2) is 0 Å². The summed E-state index contributed by atoms with van der Waals surface area (Å²) >= 11 is 0. The van der Waals surface area contributed by atoms with Crippen molar-refractivity contribution in [2.24, 2.45) is 0 Å². The van der Waals surface area contributed by atoms with Crippen LogP contribution in [0.2, 0.25) is 0 Å². The molecule has 0 heterocycles. The highest BCUT2D eigenvalue weighted by Gasteiger charge is 2.53. The minimum absolute atomic E-state index is 0.503. The Balaban J connectivity index is 0.995. The number of hydrogen-bond acceptors (Lipinski definition) is 2. The van der Waals surface area contributed by atoms with Crippen LogP contribution >= 0.6 is 0 Å². The summed E-state index contributed by atoms with van der Waals surface area (Å²) in [6.45, 7) is 0. The molecule has 2 N–H and O–H groups in total. The molecule has 2 nitrogen and oxygen atoms in total. The van der Waals surface area contributed by atoms with E-state index in [9.17, 15) is 0 Å². The fraction of sp³-hybridized carbons (Fsp3) is 0.0270. The van der Waals surface area contributed by atoms with Crippen LogP contribution in [0.25, 0.3) is 77.9 Å². The summed E-state index contributed by atoms with van der Waals surface area (Å²) in [7, 11) is 0. The summed E-state index contributed by atoms with van der Waals surface area (Å²) in [5.74, 6) is 0. The average Bonchev–Trinajstić information content (AvgIpc) is 4.37. The van der Waals surface area contributed by atoms with Gasteiger partial charge >= 0.3 is 0 Å². The van der Waals surface area contributed by atoms with Gasteiger partial charge in [0.1, 0.15) is 0 Å². The van der Waals surface area contributed by atoms with Crippen molar-refractivity contribution in [1.82, 2.24) is 0 Å². The fourth-order valence-corrected chi connectivity index (χ4v) is 14.1. The first kappa shape index (κ1) is 42.7. The SMILES string of the molecule is c1ccc(Nc2ccc(-c3ccc(Nc4ccccc4)c(-c4ccc5c(c4)C4(c6ccccc6-c6ccccc64)c4ccccc4-5)c3-c3ccc4c(c3)C3(c5ccccc5-c5ccccc53)c3ccccc3-4)cc2)cc1. The summed E-state index contributed by atoms with van der Waals surface area (Å²) < 4.78 is 0. The van der Waals surface area contributed by atoms with Crippen LogP contribution in [-0.4, -0.2) is 0 Å². The van der Waals surface area contributed by atoms with Crippen molar-refractivity contribution in [3.63, 3.8) is 0 Å². The molecule has 0 fully saturated rings. The fourth-order valence-electron chi connectivity index (χ4n) is 14.1. The molecule has 16 rings (SSSR count). The van der Waals surface area contributed by atoms with E-state index < -0.39 is 10.8 Å². The number of anilines is 4. The van der Waals surface area contributed by atoms with E-state index in [1.165, 1.54) is 94.6 Å². The molecule has 0 bridgehead atoms. The molecule has 354 valence electrons. The molecule has 0 aromatic heterocycles. The summed E-state index contributed by atoms with van der Waals surface area (Å²) in [6.07, 6.45) is 0. The van der Waals surface area contributed by atoms with Crippen molar-refractivity contribution in [2.75, 3.05) is 10.6 Å². The summed E-state index contributed by atoms with van der Waals surface area (Å²) in [5, 5.41) is 7.65. The average molecular weight is 965 g/mol. The molecular weight excluding hydrogens is 917 g/mol. The van der Waals surface area contributed by atoms with E-state index in [-0.39, 0.29) is 0 Å². The van der Waals surface area contributed by atoms with Gasteiger partial charge in [-0.25, -0.2) is 0 Å². The molecule has 0 saturated carbocycles. The Hall–Kier alpha value is -9.76. The van der Waals surface area contributed by atoms with Crippen LogP contribution in [0.15, 0.2) is 279 Å². The third-order valence-corrected chi connectivity index (χ3v) is 17.1. The van der Waals surface area contributed by atoms with Gasteiger partial charge in [-0.1, -0.05) is 224 Å². The zero-order valence-electron chi connectivity index (χ0n) is 41.6. The first-order valence-corrected chi connectivity index (χ1v) is 26.5. The van der Waals surface area contributed by atoms with Crippen molar-refractivity contribution in [2.45, 2.75) is 10.8 Å². The molecule has 0 radical (unpaired) electrons. The maximum atomic E-state index is 4.00. The number of rotatable bonds is 7. The van der Waals surface area contributed by atoms with Gasteiger partial charge in [-0.05, 0) is 171 Å². The van der Waals surface area contributed by atoms with Crippen LogP contribution in [0.5, 0.6) is 0 Å². The predicted octanol–water partition coefficient (Wildman–Crippen LogP) is 18.9. The Morgan fingerprint density at radius 3 is 0.908 bits per heavy atom. The van der Waals surface area contributed by atoms with E-state index in [0.717, 1.165) is 50.6 Å². The molecule has 76 heavy (non-hydrogen) atoms. The molecule has 0 saturated heterocycles. The van der Waals surface area contributed by atoms with Crippen LogP contribution in [0, 0.1) is 0 Å². The van der Waals surface area contributed by atoms with Gasteiger partial charge in [0, 0.05) is 28.3 Å². The summed E-state index contributed by atoms with van der Waals surface area (Å²) in [5.41, 5.74) is 31.1.